The molecule has 0 unspecified atom stereocenters. The van der Waals surface area contributed by atoms with Crippen LogP contribution in [-0.2, 0) is 9.53 Å². The lowest BCUT2D eigenvalue weighted by Crippen LogP contribution is -2.27. The Balaban J connectivity index is 1.96. The summed E-state index contributed by atoms with van der Waals surface area (Å²) >= 11 is 3.40. The number of carbonyl (C=O) groups is 2. The predicted octanol–water partition coefficient (Wildman–Crippen LogP) is 2.63. The first-order valence-electron chi connectivity index (χ1n) is 5.89. The van der Waals surface area contributed by atoms with E-state index in [0.29, 0.717) is 21.6 Å². The topological polar surface area (TPSA) is 58.6 Å². The van der Waals surface area contributed by atoms with Gasteiger partial charge in [-0.2, -0.15) is 0 Å². The zero-order chi connectivity index (χ0) is 14.3. The molecule has 0 aliphatic carbocycles. The summed E-state index contributed by atoms with van der Waals surface area (Å²) in [7, 11) is 0. The summed E-state index contributed by atoms with van der Waals surface area (Å²) in [6.07, 6.45) is -0.789. The van der Waals surface area contributed by atoms with Crippen molar-refractivity contribution in [2.24, 2.45) is 0 Å². The molecule has 2 amide bonds. The molecule has 3 rings (SSSR count). The average molecular weight is 408 g/mol. The van der Waals surface area contributed by atoms with Gasteiger partial charge in [-0.05, 0) is 12.1 Å². The van der Waals surface area contributed by atoms with Crippen molar-refractivity contribution in [3.8, 4) is 0 Å². The number of rotatable bonds is 2. The van der Waals surface area contributed by atoms with E-state index in [9.17, 15) is 14.0 Å². The Bertz CT molecular complexity index is 598. The van der Waals surface area contributed by atoms with Crippen molar-refractivity contribution >= 4 is 57.7 Å². The second-order valence-corrected chi connectivity index (χ2v) is 6.31. The molecule has 0 bridgehead atoms. The van der Waals surface area contributed by atoms with Crippen LogP contribution in [0, 0.1) is 5.82 Å². The predicted molar refractivity (Wildman–Crippen MR) is 82.3 cm³/mol. The molecule has 0 saturated carbocycles. The van der Waals surface area contributed by atoms with E-state index in [1.807, 2.05) is 0 Å². The molecule has 1 atom stereocenters. The van der Waals surface area contributed by atoms with Crippen molar-refractivity contribution in [2.75, 3.05) is 26.9 Å². The molecule has 2 aliphatic heterocycles. The maximum atomic E-state index is 14.2. The van der Waals surface area contributed by atoms with Gasteiger partial charge in [-0.3, -0.25) is 9.69 Å². The van der Waals surface area contributed by atoms with E-state index in [1.165, 1.54) is 28.8 Å². The number of ether oxygens (including phenoxy) is 1. The highest BCUT2D eigenvalue weighted by Crippen LogP contribution is 2.37. The molecule has 2 aliphatic rings. The van der Waals surface area contributed by atoms with E-state index in [0.717, 1.165) is 0 Å². The quantitative estimate of drug-likeness (QED) is 0.604. The van der Waals surface area contributed by atoms with Crippen molar-refractivity contribution in [3.63, 3.8) is 0 Å². The van der Waals surface area contributed by atoms with Gasteiger partial charge < -0.3 is 10.1 Å². The first-order valence-corrected chi connectivity index (χ1v) is 8.40. The summed E-state index contributed by atoms with van der Waals surface area (Å²) < 4.78 is 19.9. The number of hydrogen-bond acceptors (Lipinski definition) is 4. The summed E-state index contributed by atoms with van der Waals surface area (Å²) in [5.41, 5.74) is 0.678. The fourth-order valence-corrected chi connectivity index (χ4v) is 3.37. The lowest BCUT2D eigenvalue weighted by molar-refractivity contribution is -0.113. The highest BCUT2D eigenvalue weighted by molar-refractivity contribution is 14.1. The molecule has 106 valence electrons. The Morgan fingerprint density at radius 2 is 2.30 bits per heavy atom. The summed E-state index contributed by atoms with van der Waals surface area (Å²) in [6, 6.07) is 2.84. The Labute approximate surface area is 132 Å². The number of amides is 2. The summed E-state index contributed by atoms with van der Waals surface area (Å²) in [6.45, 7) is 0.318. The fraction of sp³-hybridized carbons (Fsp3) is 0.333. The van der Waals surface area contributed by atoms with Crippen LogP contribution in [-0.4, -0.2) is 34.8 Å². The smallest absolute Gasteiger partial charge is 0.414 e. The minimum Gasteiger partial charge on any atom is -0.443 e. The van der Waals surface area contributed by atoms with Crippen LogP contribution in [0.4, 0.5) is 20.6 Å². The third-order valence-corrected chi connectivity index (χ3v) is 5.06. The van der Waals surface area contributed by atoms with Gasteiger partial charge in [-0.25, -0.2) is 9.18 Å². The number of cyclic esters (lactones) is 1. The van der Waals surface area contributed by atoms with Gasteiger partial charge in [0.2, 0.25) is 5.91 Å². The molecule has 0 radical (unpaired) electrons. The number of alkyl halides is 1. The lowest BCUT2D eigenvalue weighted by atomic mass is 10.2. The Kier molecular flexibility index (Phi) is 3.76. The Morgan fingerprint density at radius 3 is 3.00 bits per heavy atom. The number of anilines is 2. The zero-order valence-corrected chi connectivity index (χ0v) is 13.2. The summed E-state index contributed by atoms with van der Waals surface area (Å²) in [4.78, 5) is 25.1. The van der Waals surface area contributed by atoms with Crippen LogP contribution in [0.5, 0.6) is 0 Å². The van der Waals surface area contributed by atoms with Gasteiger partial charge in [0.1, 0.15) is 11.9 Å². The van der Waals surface area contributed by atoms with Gasteiger partial charge in [0, 0.05) is 9.32 Å². The van der Waals surface area contributed by atoms with Gasteiger partial charge >= 0.3 is 6.09 Å². The van der Waals surface area contributed by atoms with E-state index in [4.69, 9.17) is 4.74 Å². The maximum Gasteiger partial charge on any atom is 0.414 e. The molecule has 1 fully saturated rings. The highest BCUT2D eigenvalue weighted by atomic mass is 127. The van der Waals surface area contributed by atoms with Crippen molar-refractivity contribution in [1.82, 2.24) is 0 Å². The fourth-order valence-electron chi connectivity index (χ4n) is 2.10. The summed E-state index contributed by atoms with van der Waals surface area (Å²) in [5.74, 6) is -0.346. The van der Waals surface area contributed by atoms with Crippen LogP contribution in [0.2, 0.25) is 0 Å². The van der Waals surface area contributed by atoms with E-state index in [-0.39, 0.29) is 23.5 Å². The minimum absolute atomic E-state index is 0.130. The number of hydrogen-bond donors (Lipinski definition) is 1. The lowest BCUT2D eigenvalue weighted by Gasteiger charge is -2.20. The molecule has 1 N–H and O–H groups in total. The van der Waals surface area contributed by atoms with Gasteiger partial charge in [0.25, 0.3) is 0 Å². The molecule has 20 heavy (non-hydrogen) atoms. The number of benzene rings is 1. The van der Waals surface area contributed by atoms with E-state index >= 15 is 0 Å². The van der Waals surface area contributed by atoms with Gasteiger partial charge in [-0.1, -0.05) is 22.6 Å². The van der Waals surface area contributed by atoms with Crippen LogP contribution < -0.4 is 10.2 Å². The van der Waals surface area contributed by atoms with Crippen molar-refractivity contribution in [1.29, 1.82) is 0 Å². The second-order valence-electron chi connectivity index (χ2n) is 4.41. The van der Waals surface area contributed by atoms with Crippen LogP contribution >= 0.6 is 34.4 Å². The second kappa shape index (κ2) is 5.40. The monoisotopic (exact) mass is 408 g/mol. The Hall–Kier alpha value is -1.03. The van der Waals surface area contributed by atoms with E-state index in [2.05, 4.69) is 27.9 Å². The number of halogens is 2. The molecule has 0 aromatic heterocycles. The standard InChI is InChI=1S/C12H10FIN2O3S/c13-7-1-10-8(15-11(17)5-20-10)2-9(7)16-4-6(3-14)19-12(16)18/h1-2,6H,3-5H2,(H,15,17)/t6-/m1/s1. The SMILES string of the molecule is O=C1CSc2cc(F)c(N3C[C@@H](CI)OC3=O)cc2N1. The van der Waals surface area contributed by atoms with Gasteiger partial charge in [-0.15, -0.1) is 11.8 Å². The van der Waals surface area contributed by atoms with E-state index in [1.54, 1.807) is 0 Å². The molecule has 0 spiro atoms. The van der Waals surface area contributed by atoms with Gasteiger partial charge in [0.05, 0.1) is 23.7 Å². The molecule has 5 nitrogen and oxygen atoms in total. The third kappa shape index (κ3) is 2.46. The van der Waals surface area contributed by atoms with Crippen LogP contribution in [0.3, 0.4) is 0 Å². The van der Waals surface area contributed by atoms with Crippen molar-refractivity contribution in [2.45, 2.75) is 11.0 Å². The molecular formula is C12H10FIN2O3S. The third-order valence-electron chi connectivity index (χ3n) is 3.02. The first kappa shape index (κ1) is 13.9. The molecule has 1 saturated heterocycles. The maximum absolute atomic E-state index is 14.2. The summed E-state index contributed by atoms with van der Waals surface area (Å²) in [5, 5.41) is 2.68. The molecular weight excluding hydrogens is 398 g/mol. The number of thioether (sulfide) groups is 1. The largest absolute Gasteiger partial charge is 0.443 e. The highest BCUT2D eigenvalue weighted by Gasteiger charge is 2.34. The van der Waals surface area contributed by atoms with Crippen molar-refractivity contribution in [3.05, 3.63) is 17.9 Å². The first-order chi connectivity index (χ1) is 9.58. The number of nitrogens with one attached hydrogen (secondary N) is 1. The molecule has 1 aromatic carbocycles. The van der Waals surface area contributed by atoms with E-state index < -0.39 is 11.9 Å². The number of carbonyl (C=O) groups excluding carboxylic acids is 2. The molecule has 2 heterocycles. The number of nitrogens with zero attached hydrogens (tertiary/aromatic N) is 1. The zero-order valence-electron chi connectivity index (χ0n) is 10.2. The van der Waals surface area contributed by atoms with Crippen LogP contribution in [0.1, 0.15) is 0 Å². The molecule has 8 heteroatoms. The normalized spacial score (nSPS) is 21.5. The molecule has 1 aromatic rings. The Morgan fingerprint density at radius 1 is 1.50 bits per heavy atom. The minimum atomic E-state index is -0.555. The van der Waals surface area contributed by atoms with Crippen LogP contribution in [0.15, 0.2) is 17.0 Å². The van der Waals surface area contributed by atoms with Gasteiger partial charge in [0.15, 0.2) is 0 Å². The van der Waals surface area contributed by atoms with Crippen LogP contribution in [0.25, 0.3) is 0 Å². The van der Waals surface area contributed by atoms with Crippen molar-refractivity contribution < 1.29 is 18.7 Å². The number of fused-ring (bicyclic) bond motifs is 1. The average Bonchev–Trinajstić information content (AvgIpc) is 2.79.